The molecule has 1 aromatic heterocycles. The largest absolute Gasteiger partial charge is 0.496 e. The Morgan fingerprint density at radius 1 is 1.07 bits per heavy atom. The first-order valence-corrected chi connectivity index (χ1v) is 9.68. The Morgan fingerprint density at radius 3 is 2.64 bits per heavy atom. The number of ether oxygens (including phenoxy) is 1. The monoisotopic (exact) mass is 377 g/mol. The van der Waals surface area contributed by atoms with Crippen LogP contribution in [0.15, 0.2) is 57.7 Å². The zero-order valence-corrected chi connectivity index (χ0v) is 15.9. The Labute approximate surface area is 163 Å². The topological polar surface area (TPSA) is 68.5 Å². The molecule has 144 valence electrons. The van der Waals surface area contributed by atoms with Gasteiger partial charge in [0.05, 0.1) is 18.1 Å². The number of methoxy groups -OCH3 is 1. The Kier molecular flexibility index (Phi) is 5.15. The van der Waals surface area contributed by atoms with Crippen LogP contribution in [0.1, 0.15) is 32.1 Å². The number of carbonyl (C=O) groups is 1. The summed E-state index contributed by atoms with van der Waals surface area (Å²) in [5, 5.41) is 3.40. The van der Waals surface area contributed by atoms with E-state index >= 15 is 0 Å². The summed E-state index contributed by atoms with van der Waals surface area (Å²) < 4.78 is 11.3. The fraction of sp³-hybridized carbons (Fsp3) is 0.304. The van der Waals surface area contributed by atoms with Crippen LogP contribution in [0.5, 0.6) is 5.75 Å². The average Bonchev–Trinajstić information content (AvgIpc) is 2.74. The van der Waals surface area contributed by atoms with Crippen LogP contribution in [0.2, 0.25) is 0 Å². The minimum atomic E-state index is -0.157. The summed E-state index contributed by atoms with van der Waals surface area (Å²) in [6.07, 6.45) is 5.28. The molecule has 0 spiro atoms. The number of nitrogens with one attached hydrogen (secondary N) is 1. The van der Waals surface area contributed by atoms with Crippen molar-refractivity contribution in [2.45, 2.75) is 32.1 Å². The lowest BCUT2D eigenvalue weighted by molar-refractivity contribution is -0.120. The summed E-state index contributed by atoms with van der Waals surface area (Å²) in [4.78, 5) is 25.2. The van der Waals surface area contributed by atoms with Gasteiger partial charge < -0.3 is 14.5 Å². The van der Waals surface area contributed by atoms with Crippen LogP contribution in [-0.2, 0) is 4.79 Å². The third kappa shape index (κ3) is 3.65. The molecular weight excluding hydrogens is 354 g/mol. The third-order valence-electron chi connectivity index (χ3n) is 5.34. The first-order valence-electron chi connectivity index (χ1n) is 9.68. The number of benzene rings is 2. The van der Waals surface area contributed by atoms with Gasteiger partial charge in [0.2, 0.25) is 5.91 Å². The van der Waals surface area contributed by atoms with E-state index in [1.54, 1.807) is 25.3 Å². The molecule has 28 heavy (non-hydrogen) atoms. The van der Waals surface area contributed by atoms with Gasteiger partial charge in [-0.15, -0.1) is 0 Å². The highest BCUT2D eigenvalue weighted by Crippen LogP contribution is 2.31. The second kappa shape index (κ2) is 7.89. The molecule has 0 atom stereocenters. The zero-order chi connectivity index (χ0) is 19.5. The molecule has 0 radical (unpaired) electrons. The van der Waals surface area contributed by atoms with Crippen molar-refractivity contribution in [2.24, 2.45) is 5.92 Å². The number of para-hydroxylation sites is 1. The van der Waals surface area contributed by atoms with Gasteiger partial charge in [-0.1, -0.05) is 31.4 Å². The van der Waals surface area contributed by atoms with Gasteiger partial charge in [0.15, 0.2) is 5.43 Å². The molecule has 3 aromatic rings. The van der Waals surface area contributed by atoms with E-state index in [1.165, 1.54) is 12.5 Å². The number of anilines is 1. The summed E-state index contributed by atoms with van der Waals surface area (Å²) in [5.74, 6) is 1.19. The molecule has 0 aliphatic heterocycles. The molecule has 0 saturated heterocycles. The average molecular weight is 377 g/mol. The van der Waals surface area contributed by atoms with Crippen LogP contribution in [0.3, 0.4) is 0 Å². The van der Waals surface area contributed by atoms with Crippen LogP contribution in [0.25, 0.3) is 22.3 Å². The molecule has 5 heteroatoms. The smallest absolute Gasteiger partial charge is 0.227 e. The zero-order valence-electron chi connectivity index (χ0n) is 15.9. The van der Waals surface area contributed by atoms with Gasteiger partial charge in [0.1, 0.15) is 17.1 Å². The number of rotatable bonds is 4. The van der Waals surface area contributed by atoms with Crippen LogP contribution in [-0.4, -0.2) is 13.0 Å². The standard InChI is InChI=1S/C23H23NO4/c1-27-20-10-6-5-9-17(20)22-14-19(25)18-13-16(11-12-21(18)28-22)24-23(26)15-7-3-2-4-8-15/h5-6,9-15H,2-4,7-8H2,1H3,(H,24,26). The minimum absolute atomic E-state index is 0.0362. The molecule has 0 bridgehead atoms. The molecule has 0 unspecified atom stereocenters. The Hall–Kier alpha value is -3.08. The summed E-state index contributed by atoms with van der Waals surface area (Å²) >= 11 is 0. The fourth-order valence-electron chi connectivity index (χ4n) is 3.82. The van der Waals surface area contributed by atoms with Crippen LogP contribution in [0.4, 0.5) is 5.69 Å². The molecule has 1 amide bonds. The van der Waals surface area contributed by atoms with Crippen molar-refractivity contribution in [1.29, 1.82) is 0 Å². The van der Waals surface area contributed by atoms with E-state index in [9.17, 15) is 9.59 Å². The third-order valence-corrected chi connectivity index (χ3v) is 5.34. The second-order valence-corrected chi connectivity index (χ2v) is 7.21. The Morgan fingerprint density at radius 2 is 1.86 bits per heavy atom. The molecule has 5 nitrogen and oxygen atoms in total. The van der Waals surface area contributed by atoms with E-state index in [4.69, 9.17) is 9.15 Å². The molecule has 2 aromatic carbocycles. The number of amides is 1. The molecule has 1 saturated carbocycles. The lowest BCUT2D eigenvalue weighted by Gasteiger charge is -2.20. The maximum absolute atomic E-state index is 12.7. The molecule has 1 aliphatic carbocycles. The number of hydrogen-bond donors (Lipinski definition) is 1. The molecule has 1 fully saturated rings. The normalized spacial score (nSPS) is 14.8. The van der Waals surface area contributed by atoms with Crippen molar-refractivity contribution in [3.63, 3.8) is 0 Å². The van der Waals surface area contributed by atoms with E-state index in [1.807, 2.05) is 24.3 Å². The molecule has 1 aliphatic rings. The maximum Gasteiger partial charge on any atom is 0.227 e. The van der Waals surface area contributed by atoms with Crippen LogP contribution >= 0.6 is 0 Å². The predicted molar refractivity (Wildman–Crippen MR) is 110 cm³/mol. The molecule has 1 heterocycles. The second-order valence-electron chi connectivity index (χ2n) is 7.21. The van der Waals surface area contributed by atoms with Crippen molar-refractivity contribution < 1.29 is 13.9 Å². The molecule has 1 N–H and O–H groups in total. The van der Waals surface area contributed by atoms with E-state index in [0.717, 1.165) is 31.2 Å². The lowest BCUT2D eigenvalue weighted by Crippen LogP contribution is -2.24. The molecular formula is C23H23NO4. The summed E-state index contributed by atoms with van der Waals surface area (Å²) in [7, 11) is 1.58. The van der Waals surface area contributed by atoms with Gasteiger partial charge in [-0.3, -0.25) is 9.59 Å². The number of carbonyl (C=O) groups excluding carboxylic acids is 1. The number of hydrogen-bond acceptors (Lipinski definition) is 4. The van der Waals surface area contributed by atoms with E-state index in [-0.39, 0.29) is 17.3 Å². The minimum Gasteiger partial charge on any atom is -0.496 e. The van der Waals surface area contributed by atoms with Crippen molar-refractivity contribution in [2.75, 3.05) is 12.4 Å². The maximum atomic E-state index is 12.7. The van der Waals surface area contributed by atoms with Crippen molar-refractivity contribution in [3.8, 4) is 17.1 Å². The van der Waals surface area contributed by atoms with E-state index in [2.05, 4.69) is 5.32 Å². The first kappa shape index (κ1) is 18.3. The number of fused-ring (bicyclic) bond motifs is 1. The van der Waals surface area contributed by atoms with E-state index < -0.39 is 0 Å². The first-order chi connectivity index (χ1) is 13.7. The Bertz CT molecular complexity index is 1060. The van der Waals surface area contributed by atoms with Crippen LogP contribution in [0, 0.1) is 5.92 Å². The van der Waals surface area contributed by atoms with Crippen molar-refractivity contribution in [3.05, 3.63) is 58.8 Å². The summed E-state index contributed by atoms with van der Waals surface area (Å²) in [6, 6.07) is 14.1. The van der Waals surface area contributed by atoms with Gasteiger partial charge in [-0.25, -0.2) is 0 Å². The van der Waals surface area contributed by atoms with Crippen LogP contribution < -0.4 is 15.5 Å². The summed E-state index contributed by atoms with van der Waals surface area (Å²) in [5.41, 5.74) is 1.67. The van der Waals surface area contributed by atoms with Gasteiger partial charge >= 0.3 is 0 Å². The van der Waals surface area contributed by atoms with Crippen molar-refractivity contribution in [1.82, 2.24) is 0 Å². The van der Waals surface area contributed by atoms with Gasteiger partial charge in [-0.05, 0) is 43.2 Å². The Balaban J connectivity index is 1.65. The highest BCUT2D eigenvalue weighted by Gasteiger charge is 2.21. The highest BCUT2D eigenvalue weighted by atomic mass is 16.5. The lowest BCUT2D eigenvalue weighted by atomic mass is 9.88. The summed E-state index contributed by atoms with van der Waals surface area (Å²) in [6.45, 7) is 0. The van der Waals surface area contributed by atoms with Gasteiger partial charge in [0.25, 0.3) is 0 Å². The quantitative estimate of drug-likeness (QED) is 0.696. The van der Waals surface area contributed by atoms with Gasteiger partial charge in [0, 0.05) is 17.7 Å². The predicted octanol–water partition coefficient (Wildman–Crippen LogP) is 4.99. The van der Waals surface area contributed by atoms with Crippen molar-refractivity contribution >= 4 is 22.6 Å². The SMILES string of the molecule is COc1ccccc1-c1cc(=O)c2cc(NC(=O)C3CCCCC3)ccc2o1. The van der Waals surface area contributed by atoms with E-state index in [0.29, 0.717) is 28.2 Å². The van der Waals surface area contributed by atoms with Gasteiger partial charge in [-0.2, -0.15) is 0 Å². The fourth-order valence-corrected chi connectivity index (χ4v) is 3.82. The highest BCUT2D eigenvalue weighted by molar-refractivity contribution is 5.95. The molecule has 4 rings (SSSR count).